The number of hydrogen-bond acceptors (Lipinski definition) is 2. The zero-order chi connectivity index (χ0) is 14.2. The summed E-state index contributed by atoms with van der Waals surface area (Å²) in [6.45, 7) is 0. The molecule has 2 aliphatic carbocycles. The first-order valence-electron chi connectivity index (χ1n) is 8.15. The number of hydrogen-bond donors (Lipinski definition) is 1. The third kappa shape index (κ3) is 2.20. The number of fused-ring (bicyclic) bond motifs is 2. The lowest BCUT2D eigenvalue weighted by Crippen LogP contribution is -2.20. The molecule has 0 amide bonds. The van der Waals surface area contributed by atoms with Crippen molar-refractivity contribution >= 4 is 0 Å². The van der Waals surface area contributed by atoms with Crippen molar-refractivity contribution in [3.05, 3.63) is 53.1 Å². The molecule has 0 aliphatic heterocycles. The molecular formula is C18H22N2O. The van der Waals surface area contributed by atoms with Crippen molar-refractivity contribution in [1.29, 1.82) is 0 Å². The van der Waals surface area contributed by atoms with E-state index in [0.717, 1.165) is 37.7 Å². The smallest absolute Gasteiger partial charge is 0.1000 e. The lowest BCUT2D eigenvalue weighted by molar-refractivity contribution is 0.108. The van der Waals surface area contributed by atoms with Crippen molar-refractivity contribution in [2.45, 2.75) is 57.1 Å². The summed E-state index contributed by atoms with van der Waals surface area (Å²) < 4.78 is 2.28. The fraction of sp³-hybridized carbons (Fsp3) is 0.500. The molecule has 2 atom stereocenters. The number of aryl methyl sites for hydroxylation is 2. The number of aliphatic hydroxyl groups excluding tert-OH is 1. The minimum atomic E-state index is -0.413. The topological polar surface area (TPSA) is 38.0 Å². The van der Waals surface area contributed by atoms with Crippen molar-refractivity contribution in [1.82, 2.24) is 9.55 Å². The van der Waals surface area contributed by atoms with Crippen molar-refractivity contribution in [3.63, 3.8) is 0 Å². The van der Waals surface area contributed by atoms with E-state index in [2.05, 4.69) is 27.8 Å². The normalized spacial score (nSPS) is 25.0. The number of aliphatic hydroxyl groups is 1. The monoisotopic (exact) mass is 282 g/mol. The maximum absolute atomic E-state index is 10.9. The van der Waals surface area contributed by atoms with Gasteiger partial charge in [0.05, 0.1) is 24.2 Å². The summed E-state index contributed by atoms with van der Waals surface area (Å²) >= 11 is 0. The van der Waals surface area contributed by atoms with Crippen molar-refractivity contribution in [3.8, 4) is 0 Å². The molecule has 21 heavy (non-hydrogen) atoms. The van der Waals surface area contributed by atoms with Crippen molar-refractivity contribution < 1.29 is 5.11 Å². The Kier molecular flexibility index (Phi) is 3.30. The minimum absolute atomic E-state index is 0.142. The molecule has 1 N–H and O–H groups in total. The molecule has 1 heterocycles. The van der Waals surface area contributed by atoms with Gasteiger partial charge in [-0.2, -0.15) is 0 Å². The average molecular weight is 282 g/mol. The SMILES string of the molecule is OC1c2ccccc2CCCC1n1cnc2c1CCCC2. The van der Waals surface area contributed by atoms with E-state index < -0.39 is 6.10 Å². The molecule has 0 radical (unpaired) electrons. The highest BCUT2D eigenvalue weighted by Crippen LogP contribution is 2.38. The van der Waals surface area contributed by atoms with Crippen LogP contribution in [0.2, 0.25) is 0 Å². The number of imidazole rings is 1. The van der Waals surface area contributed by atoms with Gasteiger partial charge in [-0.1, -0.05) is 24.3 Å². The number of nitrogens with zero attached hydrogens (tertiary/aromatic N) is 2. The Balaban J connectivity index is 1.74. The van der Waals surface area contributed by atoms with Crippen LogP contribution in [-0.4, -0.2) is 14.7 Å². The second kappa shape index (κ2) is 5.30. The van der Waals surface area contributed by atoms with Crippen LogP contribution in [0.1, 0.15) is 60.3 Å². The van der Waals surface area contributed by atoms with Gasteiger partial charge >= 0.3 is 0 Å². The molecule has 0 saturated heterocycles. The first-order valence-corrected chi connectivity index (χ1v) is 8.15. The highest BCUT2D eigenvalue weighted by atomic mass is 16.3. The Labute approximate surface area is 125 Å². The van der Waals surface area contributed by atoms with E-state index in [-0.39, 0.29) is 6.04 Å². The summed E-state index contributed by atoms with van der Waals surface area (Å²) in [5.74, 6) is 0. The molecule has 110 valence electrons. The first kappa shape index (κ1) is 13.1. The zero-order valence-electron chi connectivity index (χ0n) is 12.3. The lowest BCUT2D eigenvalue weighted by atomic mass is 9.97. The van der Waals surface area contributed by atoms with Crippen molar-refractivity contribution in [2.24, 2.45) is 0 Å². The molecule has 0 saturated carbocycles. The summed E-state index contributed by atoms with van der Waals surface area (Å²) in [6, 6.07) is 8.49. The summed E-state index contributed by atoms with van der Waals surface area (Å²) in [4.78, 5) is 4.60. The van der Waals surface area contributed by atoms with Crippen LogP contribution in [0.3, 0.4) is 0 Å². The minimum Gasteiger partial charge on any atom is -0.386 e. The van der Waals surface area contributed by atoms with Gasteiger partial charge in [-0.25, -0.2) is 4.98 Å². The zero-order valence-corrected chi connectivity index (χ0v) is 12.3. The van der Waals surface area contributed by atoms with Crippen LogP contribution in [0.5, 0.6) is 0 Å². The molecule has 4 rings (SSSR count). The molecular weight excluding hydrogens is 260 g/mol. The van der Waals surface area contributed by atoms with Gasteiger partial charge in [-0.3, -0.25) is 0 Å². The third-order valence-corrected chi connectivity index (χ3v) is 5.10. The van der Waals surface area contributed by atoms with E-state index in [1.54, 1.807) is 0 Å². The van der Waals surface area contributed by atoms with Crippen LogP contribution < -0.4 is 0 Å². The molecule has 0 fully saturated rings. The van der Waals surface area contributed by atoms with Gasteiger partial charge in [-0.15, -0.1) is 0 Å². The largest absolute Gasteiger partial charge is 0.386 e. The molecule has 2 aliphatic rings. The van der Waals surface area contributed by atoms with Gasteiger partial charge in [0, 0.05) is 5.69 Å². The standard InChI is InChI=1S/C18H22N2O/c21-18-14-8-2-1-6-13(14)7-5-11-17(18)20-12-19-15-9-3-4-10-16(15)20/h1-2,6,8,12,17-18,21H,3-5,7,9-11H2. The van der Waals surface area contributed by atoms with Gasteiger partial charge in [0.15, 0.2) is 0 Å². The number of rotatable bonds is 1. The Morgan fingerprint density at radius 3 is 2.86 bits per heavy atom. The maximum atomic E-state index is 10.9. The second-order valence-electron chi connectivity index (χ2n) is 6.36. The molecule has 1 aromatic heterocycles. The predicted octanol–water partition coefficient (Wildman–Crippen LogP) is 3.37. The fourth-order valence-electron chi connectivity index (χ4n) is 3.99. The number of aromatic nitrogens is 2. The predicted molar refractivity (Wildman–Crippen MR) is 82.2 cm³/mol. The lowest BCUT2D eigenvalue weighted by Gasteiger charge is -2.26. The molecule has 3 nitrogen and oxygen atoms in total. The summed E-state index contributed by atoms with van der Waals surface area (Å²) in [6.07, 6.45) is 9.49. The highest BCUT2D eigenvalue weighted by Gasteiger charge is 2.29. The van der Waals surface area contributed by atoms with Crippen LogP contribution in [-0.2, 0) is 19.3 Å². The fourth-order valence-corrected chi connectivity index (χ4v) is 3.99. The van der Waals surface area contributed by atoms with Gasteiger partial charge in [0.25, 0.3) is 0 Å². The third-order valence-electron chi connectivity index (χ3n) is 5.10. The van der Waals surface area contributed by atoms with Crippen molar-refractivity contribution in [2.75, 3.05) is 0 Å². The van der Waals surface area contributed by atoms with E-state index in [9.17, 15) is 5.11 Å². The second-order valence-corrected chi connectivity index (χ2v) is 6.36. The average Bonchev–Trinajstić information content (AvgIpc) is 2.88. The summed E-state index contributed by atoms with van der Waals surface area (Å²) in [5, 5.41) is 10.9. The van der Waals surface area contributed by atoms with E-state index in [1.807, 2.05) is 12.4 Å². The van der Waals surface area contributed by atoms with E-state index in [0.29, 0.717) is 0 Å². The van der Waals surface area contributed by atoms with Gasteiger partial charge in [0.2, 0.25) is 0 Å². The van der Waals surface area contributed by atoms with Crippen LogP contribution >= 0.6 is 0 Å². The maximum Gasteiger partial charge on any atom is 0.1000 e. The van der Waals surface area contributed by atoms with Crippen LogP contribution in [0, 0.1) is 0 Å². The first-order chi connectivity index (χ1) is 10.3. The number of benzene rings is 1. The molecule has 2 aromatic rings. The quantitative estimate of drug-likeness (QED) is 0.814. The molecule has 2 unspecified atom stereocenters. The van der Waals surface area contributed by atoms with E-state index >= 15 is 0 Å². The van der Waals surface area contributed by atoms with Gasteiger partial charge in [-0.05, 0) is 56.1 Å². The Hall–Kier alpha value is -1.61. The Bertz CT molecular complexity index is 646. The molecule has 0 bridgehead atoms. The highest BCUT2D eigenvalue weighted by molar-refractivity contribution is 5.31. The van der Waals surface area contributed by atoms with Crippen LogP contribution in [0.25, 0.3) is 0 Å². The Morgan fingerprint density at radius 2 is 1.90 bits per heavy atom. The Morgan fingerprint density at radius 1 is 1.05 bits per heavy atom. The van der Waals surface area contributed by atoms with Gasteiger partial charge < -0.3 is 9.67 Å². The van der Waals surface area contributed by atoms with Gasteiger partial charge in [0.1, 0.15) is 0 Å². The van der Waals surface area contributed by atoms with Crippen LogP contribution in [0.15, 0.2) is 30.6 Å². The van der Waals surface area contributed by atoms with E-state index in [4.69, 9.17) is 0 Å². The van der Waals surface area contributed by atoms with E-state index in [1.165, 1.54) is 29.8 Å². The summed E-state index contributed by atoms with van der Waals surface area (Å²) in [7, 11) is 0. The molecule has 0 spiro atoms. The van der Waals surface area contributed by atoms with Crippen LogP contribution in [0.4, 0.5) is 0 Å². The molecule has 1 aromatic carbocycles. The molecule has 3 heteroatoms. The summed E-state index contributed by atoms with van der Waals surface area (Å²) in [5.41, 5.74) is 5.04.